The van der Waals surface area contributed by atoms with E-state index in [1.54, 1.807) is 7.11 Å². The summed E-state index contributed by atoms with van der Waals surface area (Å²) in [5, 5.41) is 6.97. The normalized spacial score (nSPS) is 10.5. The van der Waals surface area contributed by atoms with Crippen molar-refractivity contribution < 1.29 is 9.47 Å². The topological polar surface area (TPSA) is 86.4 Å². The molecule has 2 rings (SSSR count). The minimum Gasteiger partial charge on any atom is -0.493 e. The lowest BCUT2D eigenvalue weighted by molar-refractivity contribution is 0.287. The number of thiocarbonyl (C=S) groups is 1. The van der Waals surface area contributed by atoms with Crippen molar-refractivity contribution in [3.63, 3.8) is 0 Å². The molecule has 0 unspecified atom stereocenters. The molecule has 0 spiro atoms. The molecule has 0 fully saturated rings. The summed E-state index contributed by atoms with van der Waals surface area (Å²) in [5.41, 5.74) is 7.51. The van der Waals surface area contributed by atoms with E-state index in [0.717, 1.165) is 49.5 Å². The number of aromatic nitrogens is 2. The summed E-state index contributed by atoms with van der Waals surface area (Å²) >= 11 is 5.36. The molecule has 0 aliphatic heterocycles. The van der Waals surface area contributed by atoms with Crippen molar-refractivity contribution in [3.05, 3.63) is 36.4 Å². The zero-order valence-corrected chi connectivity index (χ0v) is 16.8. The average Bonchev–Trinajstić information content (AvgIpc) is 3.08. The van der Waals surface area contributed by atoms with Crippen LogP contribution in [0.15, 0.2) is 30.7 Å². The second-order valence-corrected chi connectivity index (χ2v) is 6.58. The standard InChI is InChI=1S/C19H29N5O2S/c1-15-13-21-14-24(15)10-5-9-22-19(27)23-16-6-7-17(18(12-16)25-2)26-11-4-3-8-20/h6-7,12-14H,3-5,8-11,20H2,1-2H3,(H2,22,23,27). The van der Waals surface area contributed by atoms with E-state index in [4.69, 9.17) is 27.4 Å². The van der Waals surface area contributed by atoms with Gasteiger partial charge in [-0.1, -0.05) is 0 Å². The number of nitrogens with one attached hydrogen (secondary N) is 2. The highest BCUT2D eigenvalue weighted by Crippen LogP contribution is 2.30. The zero-order valence-electron chi connectivity index (χ0n) is 16.0. The number of ether oxygens (including phenoxy) is 2. The molecular weight excluding hydrogens is 362 g/mol. The van der Waals surface area contributed by atoms with Gasteiger partial charge in [0.1, 0.15) is 0 Å². The highest BCUT2D eigenvalue weighted by molar-refractivity contribution is 7.80. The quantitative estimate of drug-likeness (QED) is 0.401. The Bertz CT molecular complexity index is 720. The van der Waals surface area contributed by atoms with Gasteiger partial charge >= 0.3 is 0 Å². The summed E-state index contributed by atoms with van der Waals surface area (Å²) < 4.78 is 13.3. The first-order valence-electron chi connectivity index (χ1n) is 9.16. The second-order valence-electron chi connectivity index (χ2n) is 6.17. The summed E-state index contributed by atoms with van der Waals surface area (Å²) in [6.45, 7) is 5.03. The lowest BCUT2D eigenvalue weighted by Gasteiger charge is -2.14. The van der Waals surface area contributed by atoms with Gasteiger partial charge in [0.25, 0.3) is 0 Å². The Kier molecular flexibility index (Phi) is 8.86. The first-order valence-corrected chi connectivity index (χ1v) is 9.57. The van der Waals surface area contributed by atoms with Gasteiger partial charge in [-0.2, -0.15) is 0 Å². The molecule has 2 aromatic rings. The van der Waals surface area contributed by atoms with Crippen molar-refractivity contribution in [1.29, 1.82) is 0 Å². The second kappa shape index (κ2) is 11.4. The van der Waals surface area contributed by atoms with Gasteiger partial charge in [-0.15, -0.1) is 0 Å². The summed E-state index contributed by atoms with van der Waals surface area (Å²) in [4.78, 5) is 4.12. The fourth-order valence-corrected chi connectivity index (χ4v) is 2.76. The molecular formula is C19H29N5O2S. The van der Waals surface area contributed by atoms with Crippen molar-refractivity contribution in [2.75, 3.05) is 32.1 Å². The molecule has 0 amide bonds. The number of rotatable bonds is 11. The van der Waals surface area contributed by atoms with Crippen molar-refractivity contribution in [2.45, 2.75) is 32.7 Å². The van der Waals surface area contributed by atoms with E-state index >= 15 is 0 Å². The number of hydrogen-bond acceptors (Lipinski definition) is 5. The molecule has 1 aromatic heterocycles. The van der Waals surface area contributed by atoms with E-state index in [9.17, 15) is 0 Å². The fourth-order valence-electron chi connectivity index (χ4n) is 2.54. The molecule has 7 nitrogen and oxygen atoms in total. The number of hydrogen-bond donors (Lipinski definition) is 3. The molecule has 1 heterocycles. The van der Waals surface area contributed by atoms with E-state index in [-0.39, 0.29) is 0 Å². The molecule has 0 bridgehead atoms. The molecule has 8 heteroatoms. The summed E-state index contributed by atoms with van der Waals surface area (Å²) in [7, 11) is 1.63. The third-order valence-corrected chi connectivity index (χ3v) is 4.31. The smallest absolute Gasteiger partial charge is 0.170 e. The summed E-state index contributed by atoms with van der Waals surface area (Å²) in [6, 6.07) is 5.68. The molecule has 0 aliphatic carbocycles. The lowest BCUT2D eigenvalue weighted by Crippen LogP contribution is -2.29. The Labute approximate surface area is 166 Å². The maximum Gasteiger partial charge on any atom is 0.170 e. The average molecular weight is 392 g/mol. The third-order valence-electron chi connectivity index (χ3n) is 4.06. The third kappa shape index (κ3) is 7.07. The van der Waals surface area contributed by atoms with Crippen molar-refractivity contribution >= 4 is 23.0 Å². The van der Waals surface area contributed by atoms with Crippen LogP contribution in [0.2, 0.25) is 0 Å². The molecule has 0 atom stereocenters. The number of aryl methyl sites for hydroxylation is 2. The first kappa shape index (κ1) is 21.0. The molecule has 0 saturated heterocycles. The van der Waals surface area contributed by atoms with Crippen LogP contribution >= 0.6 is 12.2 Å². The summed E-state index contributed by atoms with van der Waals surface area (Å²) in [6.07, 6.45) is 6.53. The van der Waals surface area contributed by atoms with Crippen LogP contribution in [0.4, 0.5) is 5.69 Å². The highest BCUT2D eigenvalue weighted by Gasteiger charge is 2.07. The minimum atomic E-state index is 0.580. The molecule has 148 valence electrons. The zero-order chi connectivity index (χ0) is 19.5. The van der Waals surface area contributed by atoms with Gasteiger partial charge < -0.3 is 30.4 Å². The first-order chi connectivity index (χ1) is 13.1. The number of anilines is 1. The van der Waals surface area contributed by atoms with E-state index < -0.39 is 0 Å². The van der Waals surface area contributed by atoms with Crippen LogP contribution in [-0.4, -0.2) is 41.5 Å². The number of benzene rings is 1. The predicted octanol–water partition coefficient (Wildman–Crippen LogP) is 2.69. The molecule has 1 aromatic carbocycles. The molecule has 0 saturated carbocycles. The van der Waals surface area contributed by atoms with Gasteiger partial charge in [0.2, 0.25) is 0 Å². The highest BCUT2D eigenvalue weighted by atomic mass is 32.1. The van der Waals surface area contributed by atoms with Gasteiger partial charge in [-0.05, 0) is 57.1 Å². The van der Waals surface area contributed by atoms with E-state index in [1.807, 2.05) is 37.6 Å². The lowest BCUT2D eigenvalue weighted by atomic mass is 10.2. The van der Waals surface area contributed by atoms with Gasteiger partial charge in [-0.3, -0.25) is 0 Å². The monoisotopic (exact) mass is 391 g/mol. The van der Waals surface area contributed by atoms with E-state index in [2.05, 4.69) is 20.2 Å². The molecule has 4 N–H and O–H groups in total. The van der Waals surface area contributed by atoms with Crippen molar-refractivity contribution in [3.8, 4) is 11.5 Å². The van der Waals surface area contributed by atoms with Gasteiger partial charge in [0.05, 0.1) is 20.0 Å². The Hall–Kier alpha value is -2.32. The maximum atomic E-state index is 5.75. The Morgan fingerprint density at radius 3 is 2.81 bits per heavy atom. The molecule has 27 heavy (non-hydrogen) atoms. The largest absolute Gasteiger partial charge is 0.493 e. The number of imidazole rings is 1. The van der Waals surface area contributed by atoms with Gasteiger partial charge in [0, 0.05) is 36.7 Å². The fraction of sp³-hybridized carbons (Fsp3) is 0.474. The summed E-state index contributed by atoms with van der Waals surface area (Å²) in [5.74, 6) is 1.39. The van der Waals surface area contributed by atoms with E-state index in [1.165, 1.54) is 0 Å². The van der Waals surface area contributed by atoms with Crippen LogP contribution in [-0.2, 0) is 6.54 Å². The molecule has 0 aliphatic rings. The number of nitrogens with zero attached hydrogens (tertiary/aromatic N) is 2. The number of nitrogens with two attached hydrogens (primary N) is 1. The van der Waals surface area contributed by atoms with Crippen LogP contribution in [0.25, 0.3) is 0 Å². The SMILES string of the molecule is COc1cc(NC(=S)NCCCn2cncc2C)ccc1OCCCCN. The van der Waals surface area contributed by atoms with Crippen LogP contribution < -0.4 is 25.8 Å². The Morgan fingerprint density at radius 2 is 2.11 bits per heavy atom. The van der Waals surface area contributed by atoms with Gasteiger partial charge in [0.15, 0.2) is 16.6 Å². The van der Waals surface area contributed by atoms with Crippen LogP contribution in [0.5, 0.6) is 11.5 Å². The van der Waals surface area contributed by atoms with Crippen LogP contribution in [0.3, 0.4) is 0 Å². The van der Waals surface area contributed by atoms with Crippen molar-refractivity contribution in [2.24, 2.45) is 5.73 Å². The number of methoxy groups -OCH3 is 1. The predicted molar refractivity (Wildman–Crippen MR) is 113 cm³/mol. The van der Waals surface area contributed by atoms with Crippen LogP contribution in [0.1, 0.15) is 25.0 Å². The number of unbranched alkanes of at least 4 members (excludes halogenated alkanes) is 1. The van der Waals surface area contributed by atoms with Crippen molar-refractivity contribution in [1.82, 2.24) is 14.9 Å². The van der Waals surface area contributed by atoms with E-state index in [0.29, 0.717) is 24.0 Å². The minimum absolute atomic E-state index is 0.580. The Balaban J connectivity index is 1.76. The van der Waals surface area contributed by atoms with Gasteiger partial charge in [-0.25, -0.2) is 4.98 Å². The van der Waals surface area contributed by atoms with Crippen LogP contribution in [0, 0.1) is 6.92 Å². The molecule has 0 radical (unpaired) electrons. The maximum absolute atomic E-state index is 5.75. The Morgan fingerprint density at radius 1 is 1.26 bits per heavy atom.